The highest BCUT2D eigenvalue weighted by Crippen LogP contribution is 2.22. The van der Waals surface area contributed by atoms with E-state index in [0.717, 1.165) is 4.31 Å². The molecule has 1 fully saturated rings. The van der Waals surface area contributed by atoms with Crippen LogP contribution in [0.3, 0.4) is 0 Å². The van der Waals surface area contributed by atoms with Crippen molar-refractivity contribution < 1.29 is 13.2 Å². The summed E-state index contributed by atoms with van der Waals surface area (Å²) in [7, 11) is -3.75. The van der Waals surface area contributed by atoms with Crippen molar-refractivity contribution in [2.75, 3.05) is 25.0 Å². The number of nitrogens with one attached hydrogen (secondary N) is 2. The van der Waals surface area contributed by atoms with Gasteiger partial charge in [-0.1, -0.05) is 13.8 Å². The molecule has 0 radical (unpaired) electrons. The number of sulfonamides is 1. The van der Waals surface area contributed by atoms with E-state index in [2.05, 4.69) is 5.32 Å². The molecule has 0 saturated carbocycles. The Bertz CT molecular complexity index is 698. The number of amides is 1. The van der Waals surface area contributed by atoms with E-state index in [9.17, 15) is 13.2 Å². The molecule has 2 rings (SSSR count). The van der Waals surface area contributed by atoms with Gasteiger partial charge >= 0.3 is 0 Å². The zero-order valence-corrected chi connectivity index (χ0v) is 14.4. The lowest BCUT2D eigenvalue weighted by atomic mass is 10.2. The number of benzene rings is 1. The first-order valence-corrected chi connectivity index (χ1v) is 8.89. The lowest BCUT2D eigenvalue weighted by Crippen LogP contribution is -2.38. The second-order valence-corrected chi connectivity index (χ2v) is 7.81. The standard InChI is InChI=1S/C15H22N4O3S/c1-11(2)10-18-8-9-19(15(18)16)23(21,22)14-6-4-13(5-7-14)17-12(3)20/h4-7,11,16H,8-10H2,1-3H3,(H,17,20). The molecule has 1 saturated heterocycles. The summed E-state index contributed by atoms with van der Waals surface area (Å²) in [4.78, 5) is 12.9. The first-order valence-electron chi connectivity index (χ1n) is 7.45. The summed E-state index contributed by atoms with van der Waals surface area (Å²) >= 11 is 0. The molecule has 0 bridgehead atoms. The van der Waals surface area contributed by atoms with Crippen LogP contribution in [-0.4, -0.2) is 49.1 Å². The van der Waals surface area contributed by atoms with Crippen LogP contribution in [-0.2, 0) is 14.8 Å². The van der Waals surface area contributed by atoms with Crippen LogP contribution >= 0.6 is 0 Å². The minimum atomic E-state index is -3.75. The zero-order chi connectivity index (χ0) is 17.2. The van der Waals surface area contributed by atoms with Gasteiger partial charge in [0.15, 0.2) is 0 Å². The monoisotopic (exact) mass is 338 g/mol. The van der Waals surface area contributed by atoms with E-state index in [1.165, 1.54) is 19.1 Å². The summed E-state index contributed by atoms with van der Waals surface area (Å²) in [6.07, 6.45) is 0. The third kappa shape index (κ3) is 3.82. The van der Waals surface area contributed by atoms with E-state index in [4.69, 9.17) is 5.41 Å². The lowest BCUT2D eigenvalue weighted by molar-refractivity contribution is -0.114. The molecule has 0 unspecified atom stereocenters. The highest BCUT2D eigenvalue weighted by Gasteiger charge is 2.35. The topological polar surface area (TPSA) is 93.6 Å². The Hall–Kier alpha value is -2.09. The molecule has 1 amide bonds. The number of rotatable bonds is 5. The quantitative estimate of drug-likeness (QED) is 0.851. The van der Waals surface area contributed by atoms with Gasteiger partial charge in [0, 0.05) is 25.7 Å². The van der Waals surface area contributed by atoms with Crippen LogP contribution in [0.2, 0.25) is 0 Å². The molecule has 1 aromatic carbocycles. The summed E-state index contributed by atoms with van der Waals surface area (Å²) in [6, 6.07) is 5.97. The molecule has 0 spiro atoms. The Labute approximate surface area is 136 Å². The van der Waals surface area contributed by atoms with Gasteiger partial charge in [-0.2, -0.15) is 0 Å². The molecule has 7 nitrogen and oxygen atoms in total. The van der Waals surface area contributed by atoms with Crippen molar-refractivity contribution in [3.05, 3.63) is 24.3 Å². The van der Waals surface area contributed by atoms with Gasteiger partial charge in [-0.15, -0.1) is 0 Å². The Kier molecular flexibility index (Phi) is 4.93. The fourth-order valence-electron chi connectivity index (χ4n) is 2.47. The zero-order valence-electron chi connectivity index (χ0n) is 13.5. The number of carbonyl (C=O) groups excluding carboxylic acids is 1. The molecule has 1 heterocycles. The molecule has 0 aromatic heterocycles. The van der Waals surface area contributed by atoms with Gasteiger partial charge in [0.1, 0.15) is 0 Å². The predicted octanol–water partition coefficient (Wildman–Crippen LogP) is 1.54. The SMILES string of the molecule is CC(=O)Nc1ccc(S(=O)(=O)N2CCN(CC(C)C)C2=N)cc1. The fraction of sp³-hybridized carbons (Fsp3) is 0.467. The van der Waals surface area contributed by atoms with Gasteiger partial charge in [-0.25, -0.2) is 12.7 Å². The van der Waals surface area contributed by atoms with Gasteiger partial charge < -0.3 is 10.2 Å². The van der Waals surface area contributed by atoms with Gasteiger partial charge in [-0.05, 0) is 30.2 Å². The van der Waals surface area contributed by atoms with Crippen molar-refractivity contribution in [2.45, 2.75) is 25.7 Å². The van der Waals surface area contributed by atoms with Crippen molar-refractivity contribution in [2.24, 2.45) is 5.92 Å². The van der Waals surface area contributed by atoms with Crippen molar-refractivity contribution in [1.29, 1.82) is 5.41 Å². The van der Waals surface area contributed by atoms with Crippen LogP contribution in [0.25, 0.3) is 0 Å². The Morgan fingerprint density at radius 2 is 1.87 bits per heavy atom. The Balaban J connectivity index is 2.18. The average molecular weight is 338 g/mol. The van der Waals surface area contributed by atoms with Gasteiger partial charge in [0.05, 0.1) is 11.4 Å². The molecule has 23 heavy (non-hydrogen) atoms. The van der Waals surface area contributed by atoms with E-state index in [0.29, 0.717) is 24.7 Å². The Morgan fingerprint density at radius 1 is 1.26 bits per heavy atom. The lowest BCUT2D eigenvalue weighted by Gasteiger charge is -2.23. The number of guanidine groups is 1. The number of anilines is 1. The van der Waals surface area contributed by atoms with E-state index in [1.807, 2.05) is 13.8 Å². The minimum absolute atomic E-state index is 0.0182. The van der Waals surface area contributed by atoms with Gasteiger partial charge in [0.25, 0.3) is 10.0 Å². The molecule has 0 atom stereocenters. The van der Waals surface area contributed by atoms with E-state index in [1.54, 1.807) is 17.0 Å². The fourth-order valence-corrected chi connectivity index (χ4v) is 3.87. The Morgan fingerprint density at radius 3 is 2.39 bits per heavy atom. The third-order valence-corrected chi connectivity index (χ3v) is 5.26. The minimum Gasteiger partial charge on any atom is -0.340 e. The van der Waals surface area contributed by atoms with E-state index in [-0.39, 0.29) is 23.3 Å². The molecule has 126 valence electrons. The van der Waals surface area contributed by atoms with Crippen LogP contribution < -0.4 is 5.32 Å². The molecule has 1 aromatic rings. The largest absolute Gasteiger partial charge is 0.340 e. The summed E-state index contributed by atoms with van der Waals surface area (Å²) < 4.78 is 26.5. The number of carbonyl (C=O) groups is 1. The maximum Gasteiger partial charge on any atom is 0.266 e. The maximum atomic E-state index is 12.7. The molecule has 1 aliphatic rings. The second kappa shape index (κ2) is 6.57. The molecule has 8 heteroatoms. The smallest absolute Gasteiger partial charge is 0.266 e. The number of hydrogen-bond acceptors (Lipinski definition) is 4. The average Bonchev–Trinajstić information content (AvgIpc) is 2.80. The highest BCUT2D eigenvalue weighted by atomic mass is 32.2. The van der Waals surface area contributed by atoms with E-state index < -0.39 is 10.0 Å². The first-order chi connectivity index (χ1) is 10.7. The van der Waals surface area contributed by atoms with Crippen LogP contribution in [0, 0.1) is 11.3 Å². The van der Waals surface area contributed by atoms with E-state index >= 15 is 0 Å². The normalized spacial score (nSPS) is 15.4. The molecular weight excluding hydrogens is 316 g/mol. The van der Waals surface area contributed by atoms with Crippen molar-refractivity contribution >= 4 is 27.6 Å². The first kappa shape index (κ1) is 17.3. The maximum absolute atomic E-state index is 12.7. The third-order valence-electron chi connectivity index (χ3n) is 3.46. The predicted molar refractivity (Wildman–Crippen MR) is 88.8 cm³/mol. The van der Waals surface area contributed by atoms with Crippen LogP contribution in [0.15, 0.2) is 29.2 Å². The van der Waals surface area contributed by atoms with Crippen molar-refractivity contribution in [1.82, 2.24) is 9.21 Å². The summed E-state index contributed by atoms with van der Waals surface area (Å²) in [5, 5.41) is 10.7. The molecule has 1 aliphatic heterocycles. The van der Waals surface area contributed by atoms with Crippen LogP contribution in [0.5, 0.6) is 0 Å². The number of nitrogens with zero attached hydrogens (tertiary/aromatic N) is 2. The molecule has 0 aliphatic carbocycles. The highest BCUT2D eigenvalue weighted by molar-refractivity contribution is 7.89. The molecular formula is C15H22N4O3S. The summed E-state index contributed by atoms with van der Waals surface area (Å²) in [5.74, 6) is 0.158. The van der Waals surface area contributed by atoms with Crippen LogP contribution in [0.4, 0.5) is 5.69 Å². The molecule has 2 N–H and O–H groups in total. The van der Waals surface area contributed by atoms with Crippen LogP contribution in [0.1, 0.15) is 20.8 Å². The summed E-state index contributed by atoms with van der Waals surface area (Å²) in [6.45, 7) is 6.92. The van der Waals surface area contributed by atoms with Crippen molar-refractivity contribution in [3.63, 3.8) is 0 Å². The van der Waals surface area contributed by atoms with Crippen molar-refractivity contribution in [3.8, 4) is 0 Å². The number of hydrogen-bond donors (Lipinski definition) is 2. The summed E-state index contributed by atoms with van der Waals surface area (Å²) in [5.41, 5.74) is 0.536. The van der Waals surface area contributed by atoms with Gasteiger partial charge in [-0.3, -0.25) is 10.2 Å². The van der Waals surface area contributed by atoms with Gasteiger partial charge in [0.2, 0.25) is 11.9 Å². The second-order valence-electron chi connectivity index (χ2n) is 5.95.